The molecule has 2 fully saturated rings. The van der Waals surface area contributed by atoms with Gasteiger partial charge in [-0.1, -0.05) is 11.6 Å². The number of benzene rings is 1. The van der Waals surface area contributed by atoms with Crippen LogP contribution in [0.4, 0.5) is 0 Å². The number of carbonyl (C=O) groups is 2. The molecule has 1 unspecified atom stereocenters. The number of oxazole rings is 1. The highest BCUT2D eigenvalue weighted by Gasteiger charge is 2.31. The quantitative estimate of drug-likeness (QED) is 0.747. The third-order valence-corrected chi connectivity index (χ3v) is 5.64. The van der Waals surface area contributed by atoms with Crippen LogP contribution in [0.25, 0.3) is 11.3 Å². The highest BCUT2D eigenvalue weighted by Crippen LogP contribution is 2.23. The largest absolute Gasteiger partial charge is 0.441 e. The van der Waals surface area contributed by atoms with Gasteiger partial charge in [0.05, 0.1) is 6.20 Å². The van der Waals surface area contributed by atoms with E-state index >= 15 is 0 Å². The number of aromatic nitrogens is 1. The lowest BCUT2D eigenvalue weighted by Gasteiger charge is -2.35. The average Bonchev–Trinajstić information content (AvgIpc) is 3.44. The maximum absolute atomic E-state index is 12.5. The Morgan fingerprint density at radius 3 is 2.52 bits per heavy atom. The van der Waals surface area contributed by atoms with Crippen molar-refractivity contribution in [2.24, 2.45) is 0 Å². The zero-order valence-electron chi connectivity index (χ0n) is 16.2. The van der Waals surface area contributed by atoms with E-state index in [1.807, 2.05) is 21.9 Å². The number of piperazine rings is 1. The van der Waals surface area contributed by atoms with Crippen LogP contribution >= 0.6 is 11.6 Å². The summed E-state index contributed by atoms with van der Waals surface area (Å²) in [6.45, 7) is 2.89. The molecule has 2 aliphatic rings. The van der Waals surface area contributed by atoms with E-state index in [9.17, 15) is 9.59 Å². The molecule has 2 aliphatic heterocycles. The summed E-state index contributed by atoms with van der Waals surface area (Å²) in [4.78, 5) is 32.8. The van der Waals surface area contributed by atoms with Gasteiger partial charge in [0, 0.05) is 56.2 Å². The van der Waals surface area contributed by atoms with Crippen molar-refractivity contribution in [1.29, 1.82) is 0 Å². The number of nitrogens with zero attached hydrogens (tertiary/aromatic N) is 3. The lowest BCUT2D eigenvalue weighted by Crippen LogP contribution is -2.52. The van der Waals surface area contributed by atoms with Crippen LogP contribution in [0, 0.1) is 0 Å². The van der Waals surface area contributed by atoms with Crippen molar-refractivity contribution in [3.05, 3.63) is 41.4 Å². The predicted molar refractivity (Wildman–Crippen MR) is 107 cm³/mol. The molecule has 154 valence electrons. The number of hydrogen-bond donors (Lipinski definition) is 0. The van der Waals surface area contributed by atoms with Gasteiger partial charge in [-0.3, -0.25) is 9.59 Å². The summed E-state index contributed by atoms with van der Waals surface area (Å²) in [5, 5.41) is 0.664. The first-order valence-electron chi connectivity index (χ1n) is 9.99. The summed E-state index contributed by atoms with van der Waals surface area (Å²) >= 11 is 5.91. The van der Waals surface area contributed by atoms with Crippen LogP contribution in [0.15, 0.2) is 34.9 Å². The maximum atomic E-state index is 12.5. The molecule has 1 atom stereocenters. The average molecular weight is 418 g/mol. The molecule has 2 aromatic rings. The lowest BCUT2D eigenvalue weighted by atomic mass is 10.2. The molecular formula is C21H24ClN3O4. The molecule has 4 rings (SSSR count). The van der Waals surface area contributed by atoms with Crippen LogP contribution in [0.5, 0.6) is 0 Å². The van der Waals surface area contributed by atoms with E-state index in [0.717, 1.165) is 18.4 Å². The monoisotopic (exact) mass is 417 g/mol. The van der Waals surface area contributed by atoms with Gasteiger partial charge in [-0.25, -0.2) is 4.98 Å². The standard InChI is InChI=1S/C21H24ClN3O4/c22-16-5-3-15(4-6-16)18-14-23-19(29-18)7-8-20(26)24-9-11-25(12-10-24)21(27)17-2-1-13-28-17/h3-6,14,17H,1-2,7-13H2. The predicted octanol–water partition coefficient (Wildman–Crippen LogP) is 2.78. The molecule has 3 heterocycles. The molecule has 1 aromatic heterocycles. The number of rotatable bonds is 5. The van der Waals surface area contributed by atoms with E-state index in [0.29, 0.717) is 62.3 Å². The second-order valence-corrected chi connectivity index (χ2v) is 7.77. The number of hydrogen-bond acceptors (Lipinski definition) is 5. The summed E-state index contributed by atoms with van der Waals surface area (Å²) < 4.78 is 11.2. The van der Waals surface area contributed by atoms with Gasteiger partial charge < -0.3 is 19.0 Å². The number of amides is 2. The van der Waals surface area contributed by atoms with E-state index in [4.69, 9.17) is 20.8 Å². The molecule has 29 heavy (non-hydrogen) atoms. The highest BCUT2D eigenvalue weighted by molar-refractivity contribution is 6.30. The van der Waals surface area contributed by atoms with E-state index < -0.39 is 0 Å². The SMILES string of the molecule is O=C(CCc1ncc(-c2ccc(Cl)cc2)o1)N1CCN(C(=O)C2CCCO2)CC1. The van der Waals surface area contributed by atoms with Gasteiger partial charge in [0.2, 0.25) is 5.91 Å². The fourth-order valence-corrected chi connectivity index (χ4v) is 3.82. The number of ether oxygens (including phenoxy) is 1. The normalized spacial score (nSPS) is 19.6. The first-order chi connectivity index (χ1) is 14.1. The van der Waals surface area contributed by atoms with Crippen LogP contribution < -0.4 is 0 Å². The van der Waals surface area contributed by atoms with Gasteiger partial charge in [0.15, 0.2) is 11.7 Å². The smallest absolute Gasteiger partial charge is 0.251 e. The van der Waals surface area contributed by atoms with Crippen LogP contribution in [-0.4, -0.2) is 65.5 Å². The fourth-order valence-electron chi connectivity index (χ4n) is 3.70. The Bertz CT molecular complexity index is 853. The summed E-state index contributed by atoms with van der Waals surface area (Å²) in [5.41, 5.74) is 0.895. The summed E-state index contributed by atoms with van der Waals surface area (Å²) in [6, 6.07) is 7.34. The third kappa shape index (κ3) is 4.79. The lowest BCUT2D eigenvalue weighted by molar-refractivity contribution is -0.146. The van der Waals surface area contributed by atoms with E-state index in [1.54, 1.807) is 18.3 Å². The van der Waals surface area contributed by atoms with Gasteiger partial charge in [0.1, 0.15) is 6.10 Å². The zero-order valence-corrected chi connectivity index (χ0v) is 16.9. The van der Waals surface area contributed by atoms with E-state index in [-0.39, 0.29) is 17.9 Å². The van der Waals surface area contributed by atoms with Crippen molar-refractivity contribution < 1.29 is 18.7 Å². The molecule has 2 amide bonds. The number of halogens is 1. The number of carbonyl (C=O) groups excluding carboxylic acids is 2. The van der Waals surface area contributed by atoms with Gasteiger partial charge >= 0.3 is 0 Å². The molecule has 0 bridgehead atoms. The second-order valence-electron chi connectivity index (χ2n) is 7.33. The summed E-state index contributed by atoms with van der Waals surface area (Å²) in [6.07, 6.45) is 3.89. The Balaban J connectivity index is 1.24. The number of aryl methyl sites for hydroxylation is 1. The zero-order chi connectivity index (χ0) is 20.2. The van der Waals surface area contributed by atoms with Crippen molar-refractivity contribution in [3.63, 3.8) is 0 Å². The summed E-state index contributed by atoms with van der Waals surface area (Å²) in [5.74, 6) is 1.31. The van der Waals surface area contributed by atoms with Gasteiger partial charge in [-0.15, -0.1) is 0 Å². The first kappa shape index (κ1) is 19.9. The van der Waals surface area contributed by atoms with Gasteiger partial charge in [-0.05, 0) is 37.1 Å². The Hall–Kier alpha value is -2.38. The minimum absolute atomic E-state index is 0.0560. The van der Waals surface area contributed by atoms with Crippen molar-refractivity contribution in [2.75, 3.05) is 32.8 Å². The topological polar surface area (TPSA) is 75.9 Å². The van der Waals surface area contributed by atoms with E-state index in [2.05, 4.69) is 4.98 Å². The second kappa shape index (κ2) is 8.97. The minimum atomic E-state index is -0.294. The Morgan fingerprint density at radius 1 is 1.10 bits per heavy atom. The van der Waals surface area contributed by atoms with Crippen molar-refractivity contribution in [3.8, 4) is 11.3 Å². The molecule has 0 spiro atoms. The van der Waals surface area contributed by atoms with E-state index in [1.165, 1.54) is 0 Å². The molecule has 0 saturated carbocycles. The first-order valence-corrected chi connectivity index (χ1v) is 10.4. The molecule has 0 N–H and O–H groups in total. The Kier molecular flexibility index (Phi) is 6.16. The Morgan fingerprint density at radius 2 is 1.83 bits per heavy atom. The highest BCUT2D eigenvalue weighted by atomic mass is 35.5. The molecule has 2 saturated heterocycles. The maximum Gasteiger partial charge on any atom is 0.251 e. The van der Waals surface area contributed by atoms with Crippen LogP contribution in [-0.2, 0) is 20.7 Å². The molecule has 0 aliphatic carbocycles. The molecule has 8 heteroatoms. The molecular weight excluding hydrogens is 394 g/mol. The van der Waals surface area contributed by atoms with Crippen LogP contribution in [0.1, 0.15) is 25.2 Å². The fraction of sp³-hybridized carbons (Fsp3) is 0.476. The van der Waals surface area contributed by atoms with Gasteiger partial charge in [-0.2, -0.15) is 0 Å². The van der Waals surface area contributed by atoms with Gasteiger partial charge in [0.25, 0.3) is 5.91 Å². The molecule has 0 radical (unpaired) electrons. The third-order valence-electron chi connectivity index (χ3n) is 5.38. The van der Waals surface area contributed by atoms with Crippen LogP contribution in [0.3, 0.4) is 0 Å². The van der Waals surface area contributed by atoms with Crippen LogP contribution in [0.2, 0.25) is 5.02 Å². The summed E-state index contributed by atoms with van der Waals surface area (Å²) in [7, 11) is 0. The van der Waals surface area contributed by atoms with Crippen molar-refractivity contribution in [2.45, 2.75) is 31.8 Å². The minimum Gasteiger partial charge on any atom is -0.441 e. The molecule has 7 nitrogen and oxygen atoms in total. The van der Waals surface area contributed by atoms with Crippen molar-refractivity contribution >= 4 is 23.4 Å². The molecule has 1 aromatic carbocycles. The van der Waals surface area contributed by atoms with Crippen molar-refractivity contribution in [1.82, 2.24) is 14.8 Å². The Labute approximate surface area is 174 Å².